The minimum absolute atomic E-state index is 0.175. The van der Waals surface area contributed by atoms with Crippen LogP contribution in [-0.2, 0) is 4.74 Å². The van der Waals surface area contributed by atoms with E-state index in [-0.39, 0.29) is 6.10 Å². The van der Waals surface area contributed by atoms with Crippen molar-refractivity contribution in [2.24, 2.45) is 5.73 Å². The van der Waals surface area contributed by atoms with E-state index >= 15 is 0 Å². The van der Waals surface area contributed by atoms with Gasteiger partial charge < -0.3 is 19.9 Å². The van der Waals surface area contributed by atoms with Gasteiger partial charge in [-0.1, -0.05) is 12.2 Å². The fourth-order valence-corrected chi connectivity index (χ4v) is 2.30. The highest BCUT2D eigenvalue weighted by Gasteiger charge is 2.16. The van der Waals surface area contributed by atoms with Crippen LogP contribution < -0.4 is 15.2 Å². The molecular formula is C15H21NO3S. The first-order valence-electron chi connectivity index (χ1n) is 7.01. The lowest BCUT2D eigenvalue weighted by Gasteiger charge is -2.23. The van der Waals surface area contributed by atoms with E-state index in [4.69, 9.17) is 32.2 Å². The van der Waals surface area contributed by atoms with Crippen molar-refractivity contribution in [3.8, 4) is 11.5 Å². The Balaban J connectivity index is 2.03. The summed E-state index contributed by atoms with van der Waals surface area (Å²) in [6.07, 6.45) is 3.57. The van der Waals surface area contributed by atoms with Crippen LogP contribution in [0.15, 0.2) is 18.2 Å². The third kappa shape index (κ3) is 4.08. The number of rotatable bonds is 6. The lowest BCUT2D eigenvalue weighted by atomic mass is 10.1. The van der Waals surface area contributed by atoms with Crippen LogP contribution in [0.25, 0.3) is 0 Å². The summed E-state index contributed by atoms with van der Waals surface area (Å²) in [4.78, 5) is 0.355. The maximum absolute atomic E-state index is 5.83. The predicted octanol–water partition coefficient (Wildman–Crippen LogP) is 2.67. The number of benzene rings is 1. The Morgan fingerprint density at radius 2 is 2.20 bits per heavy atom. The van der Waals surface area contributed by atoms with Gasteiger partial charge in [0.05, 0.1) is 12.7 Å². The van der Waals surface area contributed by atoms with E-state index in [9.17, 15) is 0 Å². The summed E-state index contributed by atoms with van der Waals surface area (Å²) < 4.78 is 17.1. The van der Waals surface area contributed by atoms with Crippen molar-refractivity contribution in [3.63, 3.8) is 0 Å². The number of ether oxygens (including phenoxy) is 3. The average Bonchev–Trinajstić information content (AvgIpc) is 2.47. The second-order valence-corrected chi connectivity index (χ2v) is 5.20. The van der Waals surface area contributed by atoms with Crippen molar-refractivity contribution in [2.75, 3.05) is 19.8 Å². The molecule has 4 nitrogen and oxygen atoms in total. The third-order valence-corrected chi connectivity index (χ3v) is 3.46. The van der Waals surface area contributed by atoms with Crippen LogP contribution in [0.4, 0.5) is 0 Å². The number of hydrogen-bond donors (Lipinski definition) is 1. The van der Waals surface area contributed by atoms with Gasteiger partial charge in [0.25, 0.3) is 0 Å². The molecule has 1 heterocycles. The molecule has 1 aromatic rings. The largest absolute Gasteiger partial charge is 0.490 e. The Bertz CT molecular complexity index is 458. The van der Waals surface area contributed by atoms with Crippen LogP contribution in [0, 0.1) is 0 Å². The molecule has 1 unspecified atom stereocenters. The van der Waals surface area contributed by atoms with Crippen LogP contribution in [0.5, 0.6) is 11.5 Å². The lowest BCUT2D eigenvalue weighted by Crippen LogP contribution is -2.26. The van der Waals surface area contributed by atoms with Gasteiger partial charge in [0, 0.05) is 12.2 Å². The fraction of sp³-hybridized carbons (Fsp3) is 0.533. The first-order valence-corrected chi connectivity index (χ1v) is 7.42. The van der Waals surface area contributed by atoms with Gasteiger partial charge in [-0.2, -0.15) is 0 Å². The first kappa shape index (κ1) is 15.1. The van der Waals surface area contributed by atoms with Gasteiger partial charge in [-0.3, -0.25) is 0 Å². The minimum atomic E-state index is 0.175. The van der Waals surface area contributed by atoms with Crippen molar-refractivity contribution < 1.29 is 14.2 Å². The summed E-state index contributed by atoms with van der Waals surface area (Å²) >= 11 is 4.98. The van der Waals surface area contributed by atoms with E-state index in [1.807, 2.05) is 25.1 Å². The van der Waals surface area contributed by atoms with Gasteiger partial charge in [0.1, 0.15) is 11.6 Å². The number of thiocarbonyl (C=S) groups is 1. The van der Waals surface area contributed by atoms with E-state index in [2.05, 4.69) is 0 Å². The Kier molecular flexibility index (Phi) is 5.61. The molecule has 1 fully saturated rings. The molecule has 1 aliphatic heterocycles. The summed E-state index contributed by atoms with van der Waals surface area (Å²) in [5.41, 5.74) is 6.42. The molecule has 0 aromatic heterocycles. The molecule has 0 amide bonds. The van der Waals surface area contributed by atoms with E-state index in [0.717, 1.165) is 25.0 Å². The van der Waals surface area contributed by atoms with Gasteiger partial charge in [-0.15, -0.1) is 0 Å². The van der Waals surface area contributed by atoms with Crippen molar-refractivity contribution in [3.05, 3.63) is 23.8 Å². The van der Waals surface area contributed by atoms with Gasteiger partial charge in [-0.25, -0.2) is 0 Å². The van der Waals surface area contributed by atoms with Crippen LogP contribution >= 0.6 is 12.2 Å². The van der Waals surface area contributed by atoms with Gasteiger partial charge in [-0.05, 0) is 44.4 Å². The Hall–Kier alpha value is -1.33. The topological polar surface area (TPSA) is 53.7 Å². The molecule has 1 saturated heterocycles. The standard InChI is InChI=1S/C15H21NO3S/c1-2-17-14-9-11(15(16)20)6-7-13(14)19-10-12-5-3-4-8-18-12/h6-7,9,12H,2-5,8,10H2,1H3,(H2,16,20). The highest BCUT2D eigenvalue weighted by molar-refractivity contribution is 7.80. The Morgan fingerprint density at radius 3 is 2.85 bits per heavy atom. The molecule has 1 aromatic carbocycles. The minimum Gasteiger partial charge on any atom is -0.490 e. The molecule has 0 saturated carbocycles. The maximum Gasteiger partial charge on any atom is 0.161 e. The van der Waals surface area contributed by atoms with Gasteiger partial charge in [0.15, 0.2) is 11.5 Å². The predicted molar refractivity (Wildman–Crippen MR) is 82.6 cm³/mol. The van der Waals surface area contributed by atoms with E-state index in [0.29, 0.717) is 29.7 Å². The molecule has 110 valence electrons. The Labute approximate surface area is 125 Å². The second kappa shape index (κ2) is 7.45. The highest BCUT2D eigenvalue weighted by Crippen LogP contribution is 2.29. The zero-order chi connectivity index (χ0) is 14.4. The van der Waals surface area contributed by atoms with Crippen LogP contribution in [0.3, 0.4) is 0 Å². The quantitative estimate of drug-likeness (QED) is 0.818. The average molecular weight is 295 g/mol. The van der Waals surface area contributed by atoms with E-state index in [1.54, 1.807) is 0 Å². The van der Waals surface area contributed by atoms with Crippen LogP contribution in [0.1, 0.15) is 31.7 Å². The van der Waals surface area contributed by atoms with Gasteiger partial charge >= 0.3 is 0 Å². The number of hydrogen-bond acceptors (Lipinski definition) is 4. The monoisotopic (exact) mass is 295 g/mol. The SMILES string of the molecule is CCOc1cc(C(N)=S)ccc1OCC1CCCCO1. The number of nitrogens with two attached hydrogens (primary N) is 1. The van der Waals surface area contributed by atoms with E-state index < -0.39 is 0 Å². The first-order chi connectivity index (χ1) is 9.70. The molecule has 1 aliphatic rings. The van der Waals surface area contributed by atoms with Crippen molar-refractivity contribution in [2.45, 2.75) is 32.3 Å². The Morgan fingerprint density at radius 1 is 1.35 bits per heavy atom. The maximum atomic E-state index is 5.83. The molecule has 2 N–H and O–H groups in total. The van der Waals surface area contributed by atoms with E-state index in [1.165, 1.54) is 6.42 Å². The molecule has 20 heavy (non-hydrogen) atoms. The fourth-order valence-electron chi connectivity index (χ4n) is 2.17. The van der Waals surface area contributed by atoms with Crippen molar-refractivity contribution >= 4 is 17.2 Å². The molecule has 5 heteroatoms. The van der Waals surface area contributed by atoms with Crippen molar-refractivity contribution in [1.29, 1.82) is 0 Å². The zero-order valence-corrected chi connectivity index (χ0v) is 12.6. The molecule has 0 spiro atoms. The molecule has 0 radical (unpaired) electrons. The summed E-state index contributed by atoms with van der Waals surface area (Å²) in [5, 5.41) is 0. The smallest absolute Gasteiger partial charge is 0.161 e. The molecule has 2 rings (SSSR count). The highest BCUT2D eigenvalue weighted by atomic mass is 32.1. The summed E-state index contributed by atoms with van der Waals surface area (Å²) in [5.74, 6) is 1.38. The summed E-state index contributed by atoms with van der Waals surface area (Å²) in [6.45, 7) is 3.87. The van der Waals surface area contributed by atoms with Crippen molar-refractivity contribution in [1.82, 2.24) is 0 Å². The zero-order valence-electron chi connectivity index (χ0n) is 11.8. The molecule has 0 bridgehead atoms. The molecule has 0 aliphatic carbocycles. The lowest BCUT2D eigenvalue weighted by molar-refractivity contribution is -0.0115. The van der Waals surface area contributed by atoms with Crippen LogP contribution in [0.2, 0.25) is 0 Å². The summed E-state index contributed by atoms with van der Waals surface area (Å²) in [7, 11) is 0. The third-order valence-electron chi connectivity index (χ3n) is 3.23. The van der Waals surface area contributed by atoms with Gasteiger partial charge in [0.2, 0.25) is 0 Å². The second-order valence-electron chi connectivity index (χ2n) is 4.76. The molecular weight excluding hydrogens is 274 g/mol. The summed E-state index contributed by atoms with van der Waals surface area (Å²) in [6, 6.07) is 5.52. The normalized spacial score (nSPS) is 18.6. The molecule has 1 atom stereocenters. The van der Waals surface area contributed by atoms with Crippen LogP contribution in [-0.4, -0.2) is 30.9 Å².